The molecule has 1 unspecified atom stereocenters. The number of hydrogen-bond acceptors (Lipinski definition) is 3. The highest BCUT2D eigenvalue weighted by Crippen LogP contribution is 2.22. The van der Waals surface area contributed by atoms with E-state index < -0.39 is 0 Å². The van der Waals surface area contributed by atoms with E-state index in [1.54, 1.807) is 16.9 Å². The number of nitrogens with two attached hydrogens (primary N) is 1. The Kier molecular flexibility index (Phi) is 4.13. The summed E-state index contributed by atoms with van der Waals surface area (Å²) in [7, 11) is 0. The van der Waals surface area contributed by atoms with E-state index >= 15 is 0 Å². The number of nitrogens with zero attached hydrogens (tertiary/aromatic N) is 1. The second-order valence-corrected chi connectivity index (χ2v) is 5.70. The minimum absolute atomic E-state index is 0.242. The number of aromatic nitrogens is 1. The molecule has 1 atom stereocenters. The molecule has 0 spiro atoms. The molecule has 0 radical (unpaired) electrons. The van der Waals surface area contributed by atoms with Gasteiger partial charge in [0.05, 0.1) is 10.7 Å². The summed E-state index contributed by atoms with van der Waals surface area (Å²) in [6, 6.07) is 0.242. The summed E-state index contributed by atoms with van der Waals surface area (Å²) in [5, 5.41) is 3.27. The minimum Gasteiger partial charge on any atom is -0.327 e. The fraction of sp³-hybridized carbons (Fsp3) is 0.615. The Hall–Kier alpha value is -0.670. The summed E-state index contributed by atoms with van der Waals surface area (Å²) < 4.78 is 0. The Labute approximate surface area is 102 Å². The largest absolute Gasteiger partial charge is 0.327 e. The quantitative estimate of drug-likeness (QED) is 0.815. The van der Waals surface area contributed by atoms with E-state index in [1.165, 1.54) is 25.7 Å². The van der Waals surface area contributed by atoms with Gasteiger partial charge in [-0.2, -0.15) is 0 Å². The lowest BCUT2D eigenvalue weighted by Gasteiger charge is -2.16. The summed E-state index contributed by atoms with van der Waals surface area (Å²) >= 11 is 1.71. The zero-order valence-corrected chi connectivity index (χ0v) is 10.7. The molecule has 1 aromatic heterocycles. The van der Waals surface area contributed by atoms with E-state index in [0.29, 0.717) is 0 Å². The van der Waals surface area contributed by atoms with Crippen molar-refractivity contribution in [1.29, 1.82) is 0 Å². The topological polar surface area (TPSA) is 38.9 Å². The van der Waals surface area contributed by atoms with Crippen LogP contribution in [-0.4, -0.2) is 11.0 Å². The van der Waals surface area contributed by atoms with Crippen molar-refractivity contribution in [2.75, 3.05) is 0 Å². The molecule has 0 saturated heterocycles. The SMILES string of the molecule is Cc1nc(CC(N)CC2=CCCCC2)cs1. The molecule has 0 aliphatic heterocycles. The van der Waals surface area contributed by atoms with Crippen molar-refractivity contribution < 1.29 is 0 Å². The third kappa shape index (κ3) is 3.42. The smallest absolute Gasteiger partial charge is 0.0897 e. The van der Waals surface area contributed by atoms with Gasteiger partial charge in [0.2, 0.25) is 0 Å². The molecule has 0 amide bonds. The van der Waals surface area contributed by atoms with Gasteiger partial charge in [-0.15, -0.1) is 11.3 Å². The fourth-order valence-corrected chi connectivity index (χ4v) is 2.90. The lowest BCUT2D eigenvalue weighted by atomic mass is 9.93. The highest BCUT2D eigenvalue weighted by molar-refractivity contribution is 7.09. The Morgan fingerprint density at radius 3 is 2.94 bits per heavy atom. The van der Waals surface area contributed by atoms with Gasteiger partial charge in [-0.25, -0.2) is 4.98 Å². The van der Waals surface area contributed by atoms with Gasteiger partial charge in [0.15, 0.2) is 0 Å². The van der Waals surface area contributed by atoms with Gasteiger partial charge in [0, 0.05) is 17.8 Å². The van der Waals surface area contributed by atoms with Crippen LogP contribution in [-0.2, 0) is 6.42 Å². The van der Waals surface area contributed by atoms with Crippen molar-refractivity contribution in [3.63, 3.8) is 0 Å². The summed E-state index contributed by atoms with van der Waals surface area (Å²) in [4.78, 5) is 4.46. The molecule has 1 heterocycles. The molecule has 2 N–H and O–H groups in total. The molecule has 1 aromatic rings. The average molecular weight is 236 g/mol. The third-order valence-corrected chi connectivity index (χ3v) is 3.87. The Balaban J connectivity index is 1.83. The zero-order chi connectivity index (χ0) is 11.4. The van der Waals surface area contributed by atoms with Gasteiger partial charge < -0.3 is 5.73 Å². The van der Waals surface area contributed by atoms with Gasteiger partial charge in [0.1, 0.15) is 0 Å². The van der Waals surface area contributed by atoms with Crippen LogP contribution in [0.25, 0.3) is 0 Å². The molecule has 88 valence electrons. The summed E-state index contributed by atoms with van der Waals surface area (Å²) in [6.07, 6.45) is 9.55. The van der Waals surface area contributed by atoms with Gasteiger partial charge in [-0.05, 0) is 39.0 Å². The van der Waals surface area contributed by atoms with Crippen molar-refractivity contribution in [2.45, 2.75) is 51.5 Å². The molecule has 0 aromatic carbocycles. The second kappa shape index (κ2) is 5.60. The summed E-state index contributed by atoms with van der Waals surface area (Å²) in [6.45, 7) is 2.04. The van der Waals surface area contributed by atoms with Crippen molar-refractivity contribution >= 4 is 11.3 Å². The standard InChI is InChI=1S/C13H20N2S/c1-10-15-13(9-16-10)8-12(14)7-11-5-3-2-4-6-11/h5,9,12H,2-4,6-8,14H2,1H3. The maximum atomic E-state index is 6.17. The van der Waals surface area contributed by atoms with E-state index in [4.69, 9.17) is 5.73 Å². The van der Waals surface area contributed by atoms with E-state index in [0.717, 1.165) is 23.5 Å². The Morgan fingerprint density at radius 2 is 2.31 bits per heavy atom. The molecule has 2 rings (SSSR count). The van der Waals surface area contributed by atoms with Crippen LogP contribution in [0.4, 0.5) is 0 Å². The van der Waals surface area contributed by atoms with E-state index in [-0.39, 0.29) is 6.04 Å². The molecule has 16 heavy (non-hydrogen) atoms. The van der Waals surface area contributed by atoms with Crippen LogP contribution < -0.4 is 5.73 Å². The monoisotopic (exact) mass is 236 g/mol. The molecule has 3 heteroatoms. The van der Waals surface area contributed by atoms with E-state index in [9.17, 15) is 0 Å². The number of aryl methyl sites for hydroxylation is 1. The Bertz CT molecular complexity index is 368. The van der Waals surface area contributed by atoms with Crippen LogP contribution in [0.3, 0.4) is 0 Å². The molecule has 1 aliphatic rings. The van der Waals surface area contributed by atoms with Crippen LogP contribution in [0.1, 0.15) is 42.8 Å². The molecule has 0 bridgehead atoms. The summed E-state index contributed by atoms with van der Waals surface area (Å²) in [5.41, 5.74) is 8.89. The predicted molar refractivity (Wildman–Crippen MR) is 69.7 cm³/mol. The number of rotatable bonds is 4. The normalized spacial score (nSPS) is 18.2. The first-order valence-corrected chi connectivity index (χ1v) is 6.96. The van der Waals surface area contributed by atoms with Gasteiger partial charge >= 0.3 is 0 Å². The van der Waals surface area contributed by atoms with Crippen LogP contribution in [0.15, 0.2) is 17.0 Å². The van der Waals surface area contributed by atoms with Crippen LogP contribution in [0, 0.1) is 6.92 Å². The second-order valence-electron chi connectivity index (χ2n) is 4.63. The predicted octanol–water partition coefficient (Wildman–Crippen LogP) is 3.21. The molecular weight excluding hydrogens is 216 g/mol. The highest BCUT2D eigenvalue weighted by atomic mass is 32.1. The minimum atomic E-state index is 0.242. The number of allylic oxidation sites excluding steroid dienone is 1. The van der Waals surface area contributed by atoms with Crippen LogP contribution in [0.5, 0.6) is 0 Å². The molecule has 0 fully saturated rings. The maximum Gasteiger partial charge on any atom is 0.0897 e. The van der Waals surface area contributed by atoms with Crippen molar-refractivity contribution in [3.05, 3.63) is 27.7 Å². The lowest BCUT2D eigenvalue weighted by molar-refractivity contribution is 0.601. The highest BCUT2D eigenvalue weighted by Gasteiger charge is 2.11. The third-order valence-electron chi connectivity index (χ3n) is 3.05. The van der Waals surface area contributed by atoms with Crippen molar-refractivity contribution in [2.24, 2.45) is 5.73 Å². The van der Waals surface area contributed by atoms with Crippen molar-refractivity contribution in [1.82, 2.24) is 4.98 Å². The number of thiazole rings is 1. The average Bonchev–Trinajstić information content (AvgIpc) is 2.65. The maximum absolute atomic E-state index is 6.17. The molecule has 2 nitrogen and oxygen atoms in total. The molecule has 1 aliphatic carbocycles. The van der Waals surface area contributed by atoms with E-state index in [2.05, 4.69) is 16.4 Å². The van der Waals surface area contributed by atoms with Gasteiger partial charge in [-0.3, -0.25) is 0 Å². The zero-order valence-electron chi connectivity index (χ0n) is 9.91. The first kappa shape index (κ1) is 11.8. The number of hydrogen-bond donors (Lipinski definition) is 1. The van der Waals surface area contributed by atoms with Gasteiger partial charge in [-0.1, -0.05) is 11.6 Å². The van der Waals surface area contributed by atoms with E-state index in [1.807, 2.05) is 6.92 Å². The first-order valence-electron chi connectivity index (χ1n) is 6.08. The lowest BCUT2D eigenvalue weighted by Crippen LogP contribution is -2.24. The van der Waals surface area contributed by atoms with Gasteiger partial charge in [0.25, 0.3) is 0 Å². The summed E-state index contributed by atoms with van der Waals surface area (Å²) in [5.74, 6) is 0. The van der Waals surface area contributed by atoms with Crippen LogP contribution in [0.2, 0.25) is 0 Å². The van der Waals surface area contributed by atoms with Crippen LogP contribution >= 0.6 is 11.3 Å². The van der Waals surface area contributed by atoms with Crippen molar-refractivity contribution in [3.8, 4) is 0 Å². The Morgan fingerprint density at radius 1 is 1.44 bits per heavy atom. The molecule has 0 saturated carbocycles. The molecular formula is C13H20N2S. The fourth-order valence-electron chi connectivity index (χ4n) is 2.27. The first-order chi connectivity index (χ1) is 7.74.